The number of amides is 1. The van der Waals surface area contributed by atoms with E-state index in [2.05, 4.69) is 15.1 Å². The lowest BCUT2D eigenvalue weighted by Gasteiger charge is -2.37. The molecular formula is C14H25N5O3S. The summed E-state index contributed by atoms with van der Waals surface area (Å²) in [5.74, 6) is -0.295. The van der Waals surface area contributed by atoms with Crippen LogP contribution in [0.3, 0.4) is 0 Å². The van der Waals surface area contributed by atoms with Crippen LogP contribution in [0, 0.1) is 6.92 Å². The molecule has 1 aliphatic heterocycles. The highest BCUT2D eigenvalue weighted by Crippen LogP contribution is 2.29. The zero-order valence-corrected chi connectivity index (χ0v) is 15.2. The molecule has 1 amide bonds. The summed E-state index contributed by atoms with van der Waals surface area (Å²) in [4.78, 5) is 12.5. The molecule has 1 aromatic rings. The predicted octanol–water partition coefficient (Wildman–Crippen LogP) is 0.223. The van der Waals surface area contributed by atoms with E-state index in [0.717, 1.165) is 15.6 Å². The van der Waals surface area contributed by atoms with E-state index in [1.54, 1.807) is 17.9 Å². The van der Waals surface area contributed by atoms with Crippen molar-refractivity contribution in [1.29, 1.82) is 0 Å². The van der Waals surface area contributed by atoms with E-state index in [1.165, 1.54) is 7.05 Å². The Bertz CT molecular complexity index is 704. The molecule has 0 aromatic carbocycles. The highest BCUT2D eigenvalue weighted by atomic mass is 32.2. The molecule has 0 bridgehead atoms. The number of aromatic nitrogens is 2. The average Bonchev–Trinajstić information content (AvgIpc) is 2.69. The van der Waals surface area contributed by atoms with Gasteiger partial charge in [0.1, 0.15) is 6.04 Å². The average molecular weight is 343 g/mol. The molecule has 0 saturated carbocycles. The summed E-state index contributed by atoms with van der Waals surface area (Å²) in [5, 5.41) is 7.11. The number of hydrogen-bond acceptors (Lipinski definition) is 4. The van der Waals surface area contributed by atoms with E-state index in [-0.39, 0.29) is 5.91 Å². The summed E-state index contributed by atoms with van der Waals surface area (Å²) < 4.78 is 30.1. The quantitative estimate of drug-likeness (QED) is 0.803. The van der Waals surface area contributed by atoms with Crippen LogP contribution in [0.5, 0.6) is 0 Å². The van der Waals surface area contributed by atoms with E-state index < -0.39 is 27.8 Å². The van der Waals surface area contributed by atoms with Gasteiger partial charge >= 0.3 is 0 Å². The van der Waals surface area contributed by atoms with Gasteiger partial charge in [0, 0.05) is 31.4 Å². The maximum absolute atomic E-state index is 12.5. The van der Waals surface area contributed by atoms with Crippen molar-refractivity contribution in [3.05, 3.63) is 17.5 Å². The van der Waals surface area contributed by atoms with E-state index in [9.17, 15) is 13.2 Å². The van der Waals surface area contributed by atoms with E-state index in [1.807, 2.05) is 27.7 Å². The summed E-state index contributed by atoms with van der Waals surface area (Å²) >= 11 is 0. The van der Waals surface area contributed by atoms with Crippen LogP contribution >= 0.6 is 0 Å². The lowest BCUT2D eigenvalue weighted by atomic mass is 9.99. The monoisotopic (exact) mass is 343 g/mol. The molecule has 9 heteroatoms. The largest absolute Gasteiger partial charge is 0.350 e. The number of carbonyl (C=O) groups excluding carboxylic acids is 1. The van der Waals surface area contributed by atoms with Crippen LogP contribution in [0.15, 0.2) is 6.20 Å². The van der Waals surface area contributed by atoms with Gasteiger partial charge < -0.3 is 5.32 Å². The van der Waals surface area contributed by atoms with E-state index >= 15 is 0 Å². The van der Waals surface area contributed by atoms with Crippen molar-refractivity contribution in [2.75, 3.05) is 7.05 Å². The molecule has 2 rings (SSSR count). The lowest BCUT2D eigenvalue weighted by molar-refractivity contribution is -0.126. The van der Waals surface area contributed by atoms with Gasteiger partial charge in [-0.2, -0.15) is 22.5 Å². The first kappa shape index (κ1) is 17.9. The van der Waals surface area contributed by atoms with Crippen LogP contribution in [0.4, 0.5) is 0 Å². The SMILES string of the molecule is Cc1nn(C)cc1[C@H]1C[C@H](C(=O)NC(C)(C)C)N(C)S(=O)(=O)N1. The highest BCUT2D eigenvalue weighted by molar-refractivity contribution is 7.87. The fourth-order valence-corrected chi connectivity index (χ4v) is 3.99. The second-order valence-corrected chi connectivity index (χ2v) is 8.79. The number of aryl methyl sites for hydroxylation is 2. The second-order valence-electron chi connectivity index (χ2n) is 7.03. The molecule has 130 valence electrons. The van der Waals surface area contributed by atoms with E-state index in [4.69, 9.17) is 0 Å². The topological polar surface area (TPSA) is 96.3 Å². The zero-order valence-electron chi connectivity index (χ0n) is 14.4. The molecular weight excluding hydrogens is 318 g/mol. The van der Waals surface area contributed by atoms with Gasteiger partial charge in [0.05, 0.1) is 11.7 Å². The first-order valence-corrected chi connectivity index (χ1v) is 8.92. The first-order chi connectivity index (χ1) is 10.4. The van der Waals surface area contributed by atoms with Gasteiger partial charge in [-0.25, -0.2) is 0 Å². The van der Waals surface area contributed by atoms with Crippen molar-refractivity contribution in [3.8, 4) is 0 Å². The second kappa shape index (κ2) is 5.88. The minimum absolute atomic E-state index is 0.295. The standard InChI is InChI=1S/C14H25N5O3S/c1-9-10(8-18(5)16-9)11-7-12(13(20)15-14(2,3)4)19(6)23(21,22)17-11/h8,11-12,17H,7H2,1-6H3,(H,15,20)/t11-,12-/m1/s1. The van der Waals surface area contributed by atoms with Crippen LogP contribution in [-0.4, -0.2) is 47.0 Å². The molecule has 0 spiro atoms. The molecule has 2 N–H and O–H groups in total. The van der Waals surface area contributed by atoms with Crippen molar-refractivity contribution in [2.24, 2.45) is 7.05 Å². The Hall–Kier alpha value is -1.45. The molecule has 0 radical (unpaired) electrons. The van der Waals surface area contributed by atoms with Crippen LogP contribution in [0.1, 0.15) is 44.5 Å². The maximum Gasteiger partial charge on any atom is 0.280 e. The minimum atomic E-state index is -3.73. The molecule has 1 fully saturated rings. The fraction of sp³-hybridized carbons (Fsp3) is 0.714. The van der Waals surface area contributed by atoms with Gasteiger partial charge in [0.15, 0.2) is 0 Å². The summed E-state index contributed by atoms with van der Waals surface area (Å²) in [6.45, 7) is 7.42. The number of hydrogen-bond donors (Lipinski definition) is 2. The summed E-state index contributed by atoms with van der Waals surface area (Å²) in [6.07, 6.45) is 2.14. The summed E-state index contributed by atoms with van der Waals surface area (Å²) in [7, 11) is -0.531. The van der Waals surface area contributed by atoms with Crippen molar-refractivity contribution in [2.45, 2.75) is 51.7 Å². The maximum atomic E-state index is 12.5. The Balaban J connectivity index is 2.32. The summed E-state index contributed by atoms with van der Waals surface area (Å²) in [5.41, 5.74) is 1.11. The van der Waals surface area contributed by atoms with Crippen molar-refractivity contribution >= 4 is 16.1 Å². The Morgan fingerprint density at radius 2 is 2.00 bits per heavy atom. The molecule has 0 aliphatic carbocycles. The van der Waals surface area contributed by atoms with Gasteiger partial charge in [-0.1, -0.05) is 0 Å². The molecule has 1 aromatic heterocycles. The van der Waals surface area contributed by atoms with Crippen LogP contribution in [-0.2, 0) is 22.1 Å². The van der Waals surface area contributed by atoms with Crippen molar-refractivity contribution in [3.63, 3.8) is 0 Å². The molecule has 23 heavy (non-hydrogen) atoms. The zero-order chi connectivity index (χ0) is 17.6. The highest BCUT2D eigenvalue weighted by Gasteiger charge is 2.42. The minimum Gasteiger partial charge on any atom is -0.350 e. The molecule has 2 atom stereocenters. The van der Waals surface area contributed by atoms with Gasteiger partial charge in [-0.05, 0) is 34.1 Å². The first-order valence-electron chi connectivity index (χ1n) is 7.48. The fourth-order valence-electron chi connectivity index (χ4n) is 2.73. The molecule has 1 saturated heterocycles. The Morgan fingerprint density at radius 3 is 2.48 bits per heavy atom. The van der Waals surface area contributed by atoms with Gasteiger partial charge in [-0.15, -0.1) is 0 Å². The number of likely N-dealkylation sites (N-methyl/N-ethyl adjacent to an activating group) is 1. The predicted molar refractivity (Wildman–Crippen MR) is 86.8 cm³/mol. The number of carbonyl (C=O) groups is 1. The number of nitrogens with one attached hydrogen (secondary N) is 2. The van der Waals surface area contributed by atoms with Crippen LogP contribution in [0.25, 0.3) is 0 Å². The van der Waals surface area contributed by atoms with Gasteiger partial charge in [0.2, 0.25) is 5.91 Å². The molecule has 1 aliphatic rings. The number of rotatable bonds is 2. The molecule has 8 nitrogen and oxygen atoms in total. The molecule has 2 heterocycles. The Labute approximate surface area is 137 Å². The van der Waals surface area contributed by atoms with E-state index in [0.29, 0.717) is 6.42 Å². The third-order valence-electron chi connectivity index (χ3n) is 3.80. The van der Waals surface area contributed by atoms with Crippen LogP contribution in [0.2, 0.25) is 0 Å². The third kappa shape index (κ3) is 3.91. The summed E-state index contributed by atoms with van der Waals surface area (Å²) in [6, 6.07) is -1.23. The molecule has 0 unspecified atom stereocenters. The van der Waals surface area contributed by atoms with Crippen molar-refractivity contribution < 1.29 is 13.2 Å². The third-order valence-corrected chi connectivity index (χ3v) is 5.39. The van der Waals surface area contributed by atoms with Crippen molar-refractivity contribution in [1.82, 2.24) is 24.1 Å². The Morgan fingerprint density at radius 1 is 1.39 bits per heavy atom. The smallest absolute Gasteiger partial charge is 0.280 e. The normalized spacial score (nSPS) is 25.3. The number of nitrogens with zero attached hydrogens (tertiary/aromatic N) is 3. The van der Waals surface area contributed by atoms with Gasteiger partial charge in [0.25, 0.3) is 10.2 Å². The van der Waals surface area contributed by atoms with Crippen LogP contribution < -0.4 is 10.0 Å². The van der Waals surface area contributed by atoms with Gasteiger partial charge in [-0.3, -0.25) is 9.48 Å². The Kier molecular flexibility index (Phi) is 4.57. The lowest BCUT2D eigenvalue weighted by Crippen LogP contribution is -2.59.